The first-order valence-electron chi connectivity index (χ1n) is 5.09. The van der Waals surface area contributed by atoms with Gasteiger partial charge in [-0.15, -0.1) is 0 Å². The minimum atomic E-state index is -0.155. The van der Waals surface area contributed by atoms with Crippen LogP contribution in [0.1, 0.15) is 0 Å². The standard InChI is InChI=1S/C11H7BrN4OS/c12-7-1-3-8(4-2-7)13-5-9-10(17)16-11(18-9)14-6-15-16/h1-6,13H/b9-5-. The van der Waals surface area contributed by atoms with Crippen LogP contribution in [0, 0.1) is 0 Å². The van der Waals surface area contributed by atoms with Crippen LogP contribution in [0.3, 0.4) is 0 Å². The van der Waals surface area contributed by atoms with E-state index in [1.807, 2.05) is 24.3 Å². The molecule has 2 aromatic heterocycles. The Bertz CT molecular complexity index is 793. The summed E-state index contributed by atoms with van der Waals surface area (Å²) in [6.07, 6.45) is 3.05. The van der Waals surface area contributed by atoms with Crippen LogP contribution >= 0.6 is 27.3 Å². The zero-order chi connectivity index (χ0) is 12.5. The van der Waals surface area contributed by atoms with Crippen molar-refractivity contribution in [3.8, 4) is 0 Å². The highest BCUT2D eigenvalue weighted by Gasteiger charge is 2.04. The van der Waals surface area contributed by atoms with Crippen molar-refractivity contribution in [2.75, 3.05) is 5.32 Å². The van der Waals surface area contributed by atoms with Crippen LogP contribution in [-0.2, 0) is 0 Å². The molecule has 0 aliphatic carbocycles. The molecule has 3 rings (SSSR count). The number of rotatable bonds is 2. The van der Waals surface area contributed by atoms with Gasteiger partial charge in [0.05, 0.1) is 0 Å². The Hall–Kier alpha value is -1.73. The van der Waals surface area contributed by atoms with Crippen molar-refractivity contribution in [2.45, 2.75) is 0 Å². The Morgan fingerprint density at radius 1 is 1.33 bits per heavy atom. The zero-order valence-corrected chi connectivity index (χ0v) is 11.4. The monoisotopic (exact) mass is 322 g/mol. The zero-order valence-electron chi connectivity index (χ0n) is 9.00. The minimum Gasteiger partial charge on any atom is -0.360 e. The molecule has 0 unspecified atom stereocenters. The molecule has 0 bridgehead atoms. The van der Waals surface area contributed by atoms with Gasteiger partial charge < -0.3 is 5.32 Å². The quantitative estimate of drug-likeness (QED) is 0.776. The largest absolute Gasteiger partial charge is 0.360 e. The average molecular weight is 323 g/mol. The number of halogens is 1. The van der Waals surface area contributed by atoms with Crippen molar-refractivity contribution in [1.29, 1.82) is 0 Å². The average Bonchev–Trinajstić information content (AvgIpc) is 2.93. The molecule has 0 fully saturated rings. The number of fused-ring (bicyclic) bond motifs is 1. The van der Waals surface area contributed by atoms with E-state index >= 15 is 0 Å². The lowest BCUT2D eigenvalue weighted by Crippen LogP contribution is -2.24. The molecule has 1 aromatic carbocycles. The molecule has 0 spiro atoms. The van der Waals surface area contributed by atoms with E-state index in [1.165, 1.54) is 22.2 Å². The normalized spacial score (nSPS) is 12.2. The predicted molar refractivity (Wildman–Crippen MR) is 74.6 cm³/mol. The van der Waals surface area contributed by atoms with Crippen LogP contribution in [0.25, 0.3) is 11.2 Å². The Kier molecular flexibility index (Phi) is 2.85. The molecule has 7 heteroatoms. The maximum Gasteiger partial charge on any atom is 0.292 e. The summed E-state index contributed by atoms with van der Waals surface area (Å²) in [5, 5.41) is 6.93. The second-order valence-corrected chi connectivity index (χ2v) is 5.45. The summed E-state index contributed by atoms with van der Waals surface area (Å²) in [6, 6.07) is 7.69. The van der Waals surface area contributed by atoms with Gasteiger partial charge in [0.25, 0.3) is 5.56 Å². The maximum atomic E-state index is 11.9. The van der Waals surface area contributed by atoms with Gasteiger partial charge in [0, 0.05) is 16.4 Å². The van der Waals surface area contributed by atoms with Crippen LogP contribution in [0.5, 0.6) is 0 Å². The molecule has 0 aliphatic heterocycles. The van der Waals surface area contributed by atoms with E-state index in [9.17, 15) is 4.79 Å². The van der Waals surface area contributed by atoms with Gasteiger partial charge in [-0.1, -0.05) is 27.3 Å². The van der Waals surface area contributed by atoms with Crippen molar-refractivity contribution in [1.82, 2.24) is 14.6 Å². The lowest BCUT2D eigenvalue weighted by molar-refractivity contribution is 0.932. The fourth-order valence-electron chi connectivity index (χ4n) is 1.47. The van der Waals surface area contributed by atoms with Gasteiger partial charge >= 0.3 is 0 Å². The first-order chi connectivity index (χ1) is 8.74. The molecule has 1 N–H and O–H groups in total. The topological polar surface area (TPSA) is 59.3 Å². The second-order valence-electron chi connectivity index (χ2n) is 3.52. The molecule has 0 saturated carbocycles. The predicted octanol–water partition coefficient (Wildman–Crippen LogP) is 1.48. The molecule has 3 aromatic rings. The van der Waals surface area contributed by atoms with Gasteiger partial charge in [0.2, 0.25) is 4.96 Å². The minimum absolute atomic E-state index is 0.155. The molecule has 5 nitrogen and oxygen atoms in total. The van der Waals surface area contributed by atoms with E-state index in [2.05, 4.69) is 31.3 Å². The number of benzene rings is 1. The highest BCUT2D eigenvalue weighted by atomic mass is 79.9. The van der Waals surface area contributed by atoms with E-state index < -0.39 is 0 Å². The maximum absolute atomic E-state index is 11.9. The number of hydrogen-bond acceptors (Lipinski definition) is 5. The lowest BCUT2D eigenvalue weighted by Gasteiger charge is -1.98. The molecule has 0 aliphatic rings. The van der Waals surface area contributed by atoms with E-state index in [0.29, 0.717) is 9.49 Å². The molecule has 0 saturated heterocycles. The molecule has 0 atom stereocenters. The third-order valence-electron chi connectivity index (χ3n) is 2.34. The summed E-state index contributed by atoms with van der Waals surface area (Å²) in [6.45, 7) is 0. The van der Waals surface area contributed by atoms with E-state index in [1.54, 1.807) is 6.20 Å². The molecule has 90 valence electrons. The number of hydrogen-bond donors (Lipinski definition) is 1. The molecule has 18 heavy (non-hydrogen) atoms. The van der Waals surface area contributed by atoms with Crippen molar-refractivity contribution in [3.05, 3.63) is 50.0 Å². The fourth-order valence-corrected chi connectivity index (χ4v) is 2.54. The summed E-state index contributed by atoms with van der Waals surface area (Å²) < 4.78 is 2.88. The highest BCUT2D eigenvalue weighted by molar-refractivity contribution is 9.10. The molecule has 2 heterocycles. The SMILES string of the molecule is O=c1/c(=C/Nc2ccc(Br)cc2)sc2ncnn12. The summed E-state index contributed by atoms with van der Waals surface area (Å²) in [7, 11) is 0. The molecule has 0 radical (unpaired) electrons. The first kappa shape index (κ1) is 11.4. The highest BCUT2D eigenvalue weighted by Crippen LogP contribution is 2.13. The fraction of sp³-hybridized carbons (Fsp3) is 0. The number of anilines is 1. The third-order valence-corrected chi connectivity index (χ3v) is 3.84. The first-order valence-corrected chi connectivity index (χ1v) is 6.70. The van der Waals surface area contributed by atoms with Gasteiger partial charge in [-0.05, 0) is 24.3 Å². The molecular formula is C11H7BrN4OS. The van der Waals surface area contributed by atoms with Crippen molar-refractivity contribution in [3.63, 3.8) is 0 Å². The van der Waals surface area contributed by atoms with Gasteiger partial charge in [0.15, 0.2) is 0 Å². The Morgan fingerprint density at radius 2 is 2.11 bits per heavy atom. The summed E-state index contributed by atoms with van der Waals surface area (Å²) >= 11 is 4.67. The Balaban J connectivity index is 1.97. The van der Waals surface area contributed by atoms with Crippen molar-refractivity contribution in [2.24, 2.45) is 0 Å². The number of nitrogens with zero attached hydrogens (tertiary/aromatic N) is 3. The van der Waals surface area contributed by atoms with Crippen molar-refractivity contribution < 1.29 is 0 Å². The van der Waals surface area contributed by atoms with Crippen LogP contribution in [0.4, 0.5) is 5.69 Å². The van der Waals surface area contributed by atoms with Crippen LogP contribution in [0.2, 0.25) is 0 Å². The van der Waals surface area contributed by atoms with E-state index in [-0.39, 0.29) is 5.56 Å². The van der Waals surface area contributed by atoms with E-state index in [0.717, 1.165) is 10.2 Å². The van der Waals surface area contributed by atoms with Gasteiger partial charge in [-0.25, -0.2) is 4.98 Å². The van der Waals surface area contributed by atoms with E-state index in [4.69, 9.17) is 0 Å². The van der Waals surface area contributed by atoms with Crippen LogP contribution in [-0.4, -0.2) is 14.6 Å². The second kappa shape index (κ2) is 4.51. The molecule has 0 amide bonds. The van der Waals surface area contributed by atoms with Crippen molar-refractivity contribution >= 4 is 44.1 Å². The Labute approximate surface area is 114 Å². The number of nitrogens with one attached hydrogen (secondary N) is 1. The lowest BCUT2D eigenvalue weighted by atomic mass is 10.3. The van der Waals surface area contributed by atoms with Gasteiger partial charge in [-0.3, -0.25) is 4.79 Å². The van der Waals surface area contributed by atoms with Crippen LogP contribution in [0.15, 0.2) is 39.9 Å². The Morgan fingerprint density at radius 3 is 2.83 bits per heavy atom. The number of aromatic nitrogens is 3. The smallest absolute Gasteiger partial charge is 0.292 e. The number of thiazole rings is 1. The van der Waals surface area contributed by atoms with Crippen LogP contribution < -0.4 is 15.4 Å². The molecular weight excluding hydrogens is 316 g/mol. The summed E-state index contributed by atoms with van der Waals surface area (Å²) in [5.74, 6) is 0. The van der Waals surface area contributed by atoms with Gasteiger partial charge in [0.1, 0.15) is 10.9 Å². The van der Waals surface area contributed by atoms with Gasteiger partial charge in [-0.2, -0.15) is 9.61 Å². The summed E-state index contributed by atoms with van der Waals surface area (Å²) in [4.78, 5) is 16.4. The summed E-state index contributed by atoms with van der Waals surface area (Å²) in [5.41, 5.74) is 0.758. The third kappa shape index (κ3) is 2.02.